The number of aromatic nitrogens is 2. The molecule has 0 aliphatic carbocycles. The number of nitrogens with zero attached hydrogens (tertiary/aromatic N) is 3. The quantitative estimate of drug-likeness (QED) is 0.609. The summed E-state index contributed by atoms with van der Waals surface area (Å²) in [6.07, 6.45) is 2.01. The van der Waals surface area contributed by atoms with E-state index >= 15 is 0 Å². The predicted octanol–water partition coefficient (Wildman–Crippen LogP) is 0.948. The molecule has 0 aliphatic heterocycles. The molecule has 0 unspecified atom stereocenters. The van der Waals surface area contributed by atoms with Crippen LogP contribution in [0.4, 0.5) is 5.13 Å². The molecule has 4 heteroatoms. The number of pyridine rings is 1. The molecule has 0 bridgehead atoms. The maximum atomic E-state index is 4.42. The van der Waals surface area contributed by atoms with Gasteiger partial charge in [-0.1, -0.05) is 6.07 Å². The molecule has 0 amide bonds. The van der Waals surface area contributed by atoms with Crippen molar-refractivity contribution in [2.24, 2.45) is 0 Å². The van der Waals surface area contributed by atoms with E-state index in [-0.39, 0.29) is 0 Å². The van der Waals surface area contributed by atoms with Crippen LogP contribution in [0, 0.1) is 0 Å². The average molecular weight is 180 g/mol. The van der Waals surface area contributed by atoms with Crippen LogP contribution < -0.4 is 8.69 Å². The molecule has 0 spiro atoms. The molecule has 2 aromatic rings. The van der Waals surface area contributed by atoms with E-state index in [1.54, 1.807) is 11.5 Å². The van der Waals surface area contributed by atoms with E-state index < -0.39 is 0 Å². The zero-order valence-corrected chi connectivity index (χ0v) is 7.88. The Morgan fingerprint density at radius 2 is 2.25 bits per heavy atom. The molecule has 0 N–H and O–H groups in total. The first-order valence-electron chi connectivity index (χ1n) is 3.72. The summed E-state index contributed by atoms with van der Waals surface area (Å²) in [4.78, 5) is 6.43. The molecule has 0 fully saturated rings. The van der Waals surface area contributed by atoms with Gasteiger partial charge in [0.25, 0.3) is 0 Å². The van der Waals surface area contributed by atoms with Crippen molar-refractivity contribution in [3.63, 3.8) is 0 Å². The van der Waals surface area contributed by atoms with Crippen LogP contribution in [0.3, 0.4) is 0 Å². The molecule has 0 atom stereocenters. The third-order valence-corrected chi connectivity index (χ3v) is 2.70. The molecule has 0 saturated carbocycles. The minimum absolute atomic E-state index is 1.01. The molecule has 0 aromatic carbocycles. The van der Waals surface area contributed by atoms with Crippen LogP contribution in [0.1, 0.15) is 0 Å². The van der Waals surface area contributed by atoms with Crippen LogP contribution in [-0.4, -0.2) is 19.1 Å². The number of fused-ring (bicyclic) bond motifs is 1. The standard InChI is InChI=1S/C8H10N3S/c1-10(2)8-9-7-5-3-4-6-11(7)12-8/h3-6H,1-2H3/q+1. The Kier molecular flexibility index (Phi) is 1.69. The number of hydrogen-bond donors (Lipinski definition) is 0. The normalized spacial score (nSPS) is 10.5. The van der Waals surface area contributed by atoms with Crippen LogP contribution in [0.2, 0.25) is 0 Å². The topological polar surface area (TPSA) is 20.2 Å². The monoisotopic (exact) mass is 180 g/mol. The van der Waals surface area contributed by atoms with E-state index in [0.29, 0.717) is 0 Å². The zero-order valence-electron chi connectivity index (χ0n) is 7.06. The van der Waals surface area contributed by atoms with Crippen molar-refractivity contribution in [2.45, 2.75) is 0 Å². The molecule has 12 heavy (non-hydrogen) atoms. The molecule has 2 heterocycles. The van der Waals surface area contributed by atoms with Crippen LogP contribution in [0.25, 0.3) is 5.65 Å². The van der Waals surface area contributed by atoms with E-state index in [9.17, 15) is 0 Å². The molecule has 0 radical (unpaired) electrons. The second-order valence-corrected chi connectivity index (χ2v) is 3.71. The van der Waals surface area contributed by atoms with Crippen molar-refractivity contribution >= 4 is 22.3 Å². The highest BCUT2D eigenvalue weighted by molar-refractivity contribution is 7.06. The van der Waals surface area contributed by atoms with Crippen LogP contribution in [-0.2, 0) is 0 Å². The highest BCUT2D eigenvalue weighted by Gasteiger charge is 2.13. The summed E-state index contributed by atoms with van der Waals surface area (Å²) in [7, 11) is 4.00. The third kappa shape index (κ3) is 1.14. The maximum Gasteiger partial charge on any atom is 0.342 e. The average Bonchev–Trinajstić information content (AvgIpc) is 2.46. The lowest BCUT2D eigenvalue weighted by Crippen LogP contribution is -2.13. The van der Waals surface area contributed by atoms with Crippen molar-refractivity contribution in [1.29, 1.82) is 0 Å². The van der Waals surface area contributed by atoms with Crippen LogP contribution in [0.5, 0.6) is 0 Å². The van der Waals surface area contributed by atoms with Gasteiger partial charge in [0.1, 0.15) is 17.7 Å². The van der Waals surface area contributed by atoms with E-state index in [2.05, 4.69) is 8.77 Å². The van der Waals surface area contributed by atoms with Gasteiger partial charge in [0.15, 0.2) is 0 Å². The molecule has 0 saturated heterocycles. The Bertz CT molecular complexity index is 361. The van der Waals surface area contributed by atoms with Gasteiger partial charge in [-0.2, -0.15) is 0 Å². The SMILES string of the molecule is CN(C)c1nc2cccc[n+]2s1. The highest BCUT2D eigenvalue weighted by atomic mass is 32.1. The van der Waals surface area contributed by atoms with Gasteiger partial charge in [0, 0.05) is 20.2 Å². The Balaban J connectivity index is 2.62. The lowest BCUT2D eigenvalue weighted by molar-refractivity contribution is -0.433. The van der Waals surface area contributed by atoms with Gasteiger partial charge in [0.05, 0.1) is 0 Å². The predicted molar refractivity (Wildman–Crippen MR) is 49.6 cm³/mol. The number of anilines is 1. The molecule has 62 valence electrons. The molecular formula is C8H10N3S+. The van der Waals surface area contributed by atoms with Crippen molar-refractivity contribution in [3.8, 4) is 0 Å². The number of hydrogen-bond acceptors (Lipinski definition) is 3. The van der Waals surface area contributed by atoms with E-state index in [4.69, 9.17) is 0 Å². The van der Waals surface area contributed by atoms with E-state index in [1.807, 2.05) is 43.4 Å². The van der Waals surface area contributed by atoms with Gasteiger partial charge in [-0.3, -0.25) is 0 Å². The third-order valence-electron chi connectivity index (χ3n) is 1.58. The Labute approximate surface area is 75.1 Å². The minimum atomic E-state index is 1.01. The first-order valence-corrected chi connectivity index (χ1v) is 4.50. The highest BCUT2D eigenvalue weighted by Crippen LogP contribution is 2.12. The lowest BCUT2D eigenvalue weighted by atomic mass is 10.5. The Morgan fingerprint density at radius 1 is 1.42 bits per heavy atom. The van der Waals surface area contributed by atoms with Crippen molar-refractivity contribution in [2.75, 3.05) is 19.0 Å². The van der Waals surface area contributed by atoms with Crippen molar-refractivity contribution in [1.82, 2.24) is 4.98 Å². The summed E-state index contributed by atoms with van der Waals surface area (Å²) in [6.45, 7) is 0. The minimum Gasteiger partial charge on any atom is -0.331 e. The maximum absolute atomic E-state index is 4.42. The molecule has 0 aliphatic rings. The second-order valence-electron chi connectivity index (χ2n) is 2.76. The van der Waals surface area contributed by atoms with Gasteiger partial charge in [-0.25, -0.2) is 0 Å². The molecule has 3 nitrogen and oxygen atoms in total. The Hall–Kier alpha value is -1.16. The van der Waals surface area contributed by atoms with Gasteiger partial charge in [-0.15, -0.1) is 3.79 Å². The molecule has 2 rings (SSSR count). The largest absolute Gasteiger partial charge is 0.342 e. The van der Waals surface area contributed by atoms with Gasteiger partial charge in [0.2, 0.25) is 0 Å². The summed E-state index contributed by atoms with van der Waals surface area (Å²) in [6, 6.07) is 6.00. The fraction of sp³-hybridized carbons (Fsp3) is 0.250. The summed E-state index contributed by atoms with van der Waals surface area (Å²) >= 11 is 1.64. The van der Waals surface area contributed by atoms with E-state index in [1.165, 1.54) is 0 Å². The van der Waals surface area contributed by atoms with Crippen LogP contribution >= 0.6 is 11.5 Å². The van der Waals surface area contributed by atoms with Gasteiger partial charge < -0.3 is 4.90 Å². The molecule has 2 aromatic heterocycles. The van der Waals surface area contributed by atoms with Crippen LogP contribution in [0.15, 0.2) is 24.4 Å². The first-order chi connectivity index (χ1) is 5.77. The molecular weight excluding hydrogens is 170 g/mol. The van der Waals surface area contributed by atoms with Gasteiger partial charge >= 0.3 is 10.8 Å². The summed E-state index contributed by atoms with van der Waals surface area (Å²) < 4.78 is 2.05. The lowest BCUT2D eigenvalue weighted by Gasteiger charge is -1.98. The van der Waals surface area contributed by atoms with E-state index in [0.717, 1.165) is 10.8 Å². The van der Waals surface area contributed by atoms with Gasteiger partial charge in [-0.05, 0) is 11.1 Å². The zero-order chi connectivity index (χ0) is 8.55. The Morgan fingerprint density at radius 3 is 2.92 bits per heavy atom. The fourth-order valence-electron chi connectivity index (χ4n) is 0.971. The number of rotatable bonds is 1. The summed E-state index contributed by atoms with van der Waals surface area (Å²) in [5, 5.41) is 1.03. The van der Waals surface area contributed by atoms with Crippen molar-refractivity contribution in [3.05, 3.63) is 24.4 Å². The van der Waals surface area contributed by atoms with Crippen molar-refractivity contribution < 1.29 is 3.79 Å². The summed E-state index contributed by atoms with van der Waals surface area (Å²) in [5.74, 6) is 0. The second kappa shape index (κ2) is 2.71. The summed E-state index contributed by atoms with van der Waals surface area (Å²) in [5.41, 5.74) is 1.01. The smallest absolute Gasteiger partial charge is 0.331 e. The fourth-order valence-corrected chi connectivity index (χ4v) is 1.77. The first kappa shape index (κ1) is 7.49.